The van der Waals surface area contributed by atoms with Crippen LogP contribution in [0, 0.1) is 6.92 Å². The molecule has 0 fully saturated rings. The van der Waals surface area contributed by atoms with Gasteiger partial charge in [0.2, 0.25) is 0 Å². The van der Waals surface area contributed by atoms with E-state index in [0.29, 0.717) is 15.9 Å². The highest BCUT2D eigenvalue weighted by atomic mass is 79.9. The highest BCUT2D eigenvalue weighted by Crippen LogP contribution is 2.22. The van der Waals surface area contributed by atoms with Crippen molar-refractivity contribution < 1.29 is 4.79 Å². The smallest absolute Gasteiger partial charge is 0.256 e. The lowest BCUT2D eigenvalue weighted by molar-refractivity contribution is 0.102. The topological polar surface area (TPSA) is 42.0 Å². The monoisotopic (exact) mass is 368 g/mol. The second-order valence-electron chi connectivity index (χ2n) is 3.78. The van der Waals surface area contributed by atoms with E-state index in [-0.39, 0.29) is 5.91 Å². The van der Waals surface area contributed by atoms with Gasteiger partial charge < -0.3 is 5.32 Å². The zero-order chi connectivity index (χ0) is 13.1. The Labute approximate surface area is 122 Å². The van der Waals surface area contributed by atoms with Crippen LogP contribution in [-0.4, -0.2) is 10.9 Å². The number of halogens is 2. The van der Waals surface area contributed by atoms with Crippen molar-refractivity contribution in [2.24, 2.45) is 0 Å². The first-order valence-corrected chi connectivity index (χ1v) is 6.84. The number of carbonyl (C=O) groups excluding carboxylic acids is 1. The first-order chi connectivity index (χ1) is 8.58. The molecule has 0 radical (unpaired) electrons. The van der Waals surface area contributed by atoms with E-state index in [4.69, 9.17) is 0 Å². The molecule has 1 heterocycles. The molecule has 5 heteroatoms. The molecule has 1 amide bonds. The van der Waals surface area contributed by atoms with Crippen LogP contribution < -0.4 is 5.32 Å². The molecule has 0 saturated heterocycles. The molecule has 1 aromatic carbocycles. The van der Waals surface area contributed by atoms with E-state index in [2.05, 4.69) is 42.2 Å². The molecule has 1 aromatic heterocycles. The molecule has 18 heavy (non-hydrogen) atoms. The van der Waals surface area contributed by atoms with Gasteiger partial charge in [-0.3, -0.25) is 4.79 Å². The number of benzene rings is 1. The molecule has 0 saturated carbocycles. The van der Waals surface area contributed by atoms with Crippen molar-refractivity contribution in [3.63, 3.8) is 0 Å². The molecule has 0 unspecified atom stereocenters. The Morgan fingerprint density at radius 1 is 1.28 bits per heavy atom. The summed E-state index contributed by atoms with van der Waals surface area (Å²) in [6.07, 6.45) is 1.65. The Morgan fingerprint density at radius 3 is 2.72 bits per heavy atom. The molecule has 0 aliphatic carbocycles. The average Bonchev–Trinajstić information content (AvgIpc) is 2.32. The SMILES string of the molecule is Cc1ccc(C(=O)Nc2cccnc2Br)c(Br)c1. The van der Waals surface area contributed by atoms with Crippen LogP contribution in [0.1, 0.15) is 15.9 Å². The van der Waals surface area contributed by atoms with Crippen LogP contribution in [0.5, 0.6) is 0 Å². The molecular weight excluding hydrogens is 360 g/mol. The molecule has 3 nitrogen and oxygen atoms in total. The van der Waals surface area contributed by atoms with E-state index in [1.807, 2.05) is 19.1 Å². The quantitative estimate of drug-likeness (QED) is 0.807. The summed E-state index contributed by atoms with van der Waals surface area (Å²) in [5, 5.41) is 2.81. The molecule has 2 rings (SSSR count). The number of carbonyl (C=O) groups is 1. The van der Waals surface area contributed by atoms with Gasteiger partial charge in [-0.2, -0.15) is 0 Å². The summed E-state index contributed by atoms with van der Waals surface area (Å²) in [6.45, 7) is 1.98. The minimum Gasteiger partial charge on any atom is -0.320 e. The van der Waals surface area contributed by atoms with Crippen LogP contribution in [0.15, 0.2) is 45.6 Å². The average molecular weight is 370 g/mol. The van der Waals surface area contributed by atoms with Crippen molar-refractivity contribution in [1.82, 2.24) is 4.98 Å². The van der Waals surface area contributed by atoms with Gasteiger partial charge in [0, 0.05) is 10.7 Å². The first-order valence-electron chi connectivity index (χ1n) is 5.26. The number of nitrogens with zero attached hydrogens (tertiary/aromatic N) is 1. The van der Waals surface area contributed by atoms with E-state index in [1.165, 1.54) is 0 Å². The zero-order valence-electron chi connectivity index (χ0n) is 9.58. The van der Waals surface area contributed by atoms with Gasteiger partial charge in [0.25, 0.3) is 5.91 Å². The summed E-state index contributed by atoms with van der Waals surface area (Å²) in [6, 6.07) is 9.16. The Bertz CT molecular complexity index is 599. The fourth-order valence-corrected chi connectivity index (χ4v) is 2.50. The third-order valence-electron chi connectivity index (χ3n) is 2.38. The van der Waals surface area contributed by atoms with Gasteiger partial charge in [0.05, 0.1) is 11.3 Å². The van der Waals surface area contributed by atoms with Gasteiger partial charge in [-0.1, -0.05) is 6.07 Å². The number of rotatable bonds is 2. The van der Waals surface area contributed by atoms with Gasteiger partial charge in [0.1, 0.15) is 4.60 Å². The van der Waals surface area contributed by atoms with Crippen LogP contribution in [0.3, 0.4) is 0 Å². The van der Waals surface area contributed by atoms with E-state index in [0.717, 1.165) is 10.0 Å². The lowest BCUT2D eigenvalue weighted by Crippen LogP contribution is -2.13. The van der Waals surface area contributed by atoms with Gasteiger partial charge in [-0.15, -0.1) is 0 Å². The predicted molar refractivity (Wildman–Crippen MR) is 78.8 cm³/mol. The van der Waals surface area contributed by atoms with Crippen molar-refractivity contribution in [3.8, 4) is 0 Å². The Balaban J connectivity index is 2.25. The maximum absolute atomic E-state index is 12.1. The molecule has 2 aromatic rings. The molecular formula is C13H10Br2N2O. The third kappa shape index (κ3) is 2.97. The maximum atomic E-state index is 12.1. The van der Waals surface area contributed by atoms with E-state index in [1.54, 1.807) is 24.4 Å². The number of pyridine rings is 1. The lowest BCUT2D eigenvalue weighted by atomic mass is 10.1. The number of aromatic nitrogens is 1. The van der Waals surface area contributed by atoms with Gasteiger partial charge in [0.15, 0.2) is 0 Å². The normalized spacial score (nSPS) is 10.2. The maximum Gasteiger partial charge on any atom is 0.256 e. The predicted octanol–water partition coefficient (Wildman–Crippen LogP) is 4.17. The number of nitrogens with one attached hydrogen (secondary N) is 1. The van der Waals surface area contributed by atoms with E-state index in [9.17, 15) is 4.79 Å². The lowest BCUT2D eigenvalue weighted by Gasteiger charge is -2.08. The molecule has 1 N–H and O–H groups in total. The summed E-state index contributed by atoms with van der Waals surface area (Å²) in [5.74, 6) is -0.171. The minimum absolute atomic E-state index is 0.171. The largest absolute Gasteiger partial charge is 0.320 e. The zero-order valence-corrected chi connectivity index (χ0v) is 12.7. The van der Waals surface area contributed by atoms with Crippen molar-refractivity contribution in [2.45, 2.75) is 6.92 Å². The van der Waals surface area contributed by atoms with Crippen LogP contribution in [0.4, 0.5) is 5.69 Å². The van der Waals surface area contributed by atoms with Crippen LogP contribution in [0.2, 0.25) is 0 Å². The fraction of sp³-hybridized carbons (Fsp3) is 0.0769. The van der Waals surface area contributed by atoms with Crippen LogP contribution in [0.25, 0.3) is 0 Å². The van der Waals surface area contributed by atoms with E-state index >= 15 is 0 Å². The van der Waals surface area contributed by atoms with Crippen molar-refractivity contribution in [1.29, 1.82) is 0 Å². The number of aryl methyl sites for hydroxylation is 1. The molecule has 0 atom stereocenters. The molecule has 0 spiro atoms. The van der Waals surface area contributed by atoms with Crippen molar-refractivity contribution >= 4 is 43.5 Å². The Hall–Kier alpha value is -1.20. The third-order valence-corrected chi connectivity index (χ3v) is 3.66. The van der Waals surface area contributed by atoms with Crippen molar-refractivity contribution in [3.05, 3.63) is 56.7 Å². The molecule has 0 bridgehead atoms. The standard InChI is InChI=1S/C13H10Br2N2O/c1-8-4-5-9(10(14)7-8)13(18)17-11-3-2-6-16-12(11)15/h2-7H,1H3,(H,17,18). The minimum atomic E-state index is -0.171. The second-order valence-corrected chi connectivity index (χ2v) is 5.38. The van der Waals surface area contributed by atoms with Crippen LogP contribution in [-0.2, 0) is 0 Å². The number of hydrogen-bond donors (Lipinski definition) is 1. The number of anilines is 1. The molecule has 0 aliphatic rings. The second kappa shape index (κ2) is 5.63. The van der Waals surface area contributed by atoms with Crippen LogP contribution >= 0.6 is 31.9 Å². The first kappa shape index (κ1) is 13.2. The number of amides is 1. The fourth-order valence-electron chi connectivity index (χ4n) is 1.47. The van der Waals surface area contributed by atoms with Gasteiger partial charge in [-0.05, 0) is 68.6 Å². The molecule has 92 valence electrons. The summed E-state index contributed by atoms with van der Waals surface area (Å²) in [5.41, 5.74) is 2.34. The summed E-state index contributed by atoms with van der Waals surface area (Å²) < 4.78 is 1.39. The summed E-state index contributed by atoms with van der Waals surface area (Å²) in [7, 11) is 0. The number of hydrogen-bond acceptors (Lipinski definition) is 2. The Morgan fingerprint density at radius 2 is 2.06 bits per heavy atom. The Kier molecular flexibility index (Phi) is 4.14. The van der Waals surface area contributed by atoms with E-state index < -0.39 is 0 Å². The highest BCUT2D eigenvalue weighted by molar-refractivity contribution is 9.10. The summed E-state index contributed by atoms with van der Waals surface area (Å²) in [4.78, 5) is 16.2. The molecule has 0 aliphatic heterocycles. The highest BCUT2D eigenvalue weighted by Gasteiger charge is 2.11. The van der Waals surface area contributed by atoms with Crippen molar-refractivity contribution in [2.75, 3.05) is 5.32 Å². The van der Waals surface area contributed by atoms with Gasteiger partial charge in [-0.25, -0.2) is 4.98 Å². The van der Waals surface area contributed by atoms with Gasteiger partial charge >= 0.3 is 0 Å². The summed E-state index contributed by atoms with van der Waals surface area (Å²) >= 11 is 6.68.